The first kappa shape index (κ1) is 14.4. The van der Waals surface area contributed by atoms with Crippen LogP contribution < -0.4 is 5.73 Å². The second kappa shape index (κ2) is 6.98. The van der Waals surface area contributed by atoms with Crippen molar-refractivity contribution in [3.8, 4) is 0 Å². The van der Waals surface area contributed by atoms with Crippen LogP contribution in [-0.2, 0) is 4.74 Å². The summed E-state index contributed by atoms with van der Waals surface area (Å²) in [5, 5.41) is 0. The summed E-state index contributed by atoms with van der Waals surface area (Å²) in [6.45, 7) is 4.63. The molecule has 4 heteroatoms. The molecule has 0 bridgehead atoms. The van der Waals surface area contributed by atoms with Crippen molar-refractivity contribution in [2.75, 3.05) is 26.8 Å². The molecular formula is C15H25N3O. The lowest BCUT2D eigenvalue weighted by Gasteiger charge is -2.31. The van der Waals surface area contributed by atoms with Gasteiger partial charge in [0, 0.05) is 31.6 Å². The van der Waals surface area contributed by atoms with Crippen LogP contribution in [0.25, 0.3) is 0 Å². The van der Waals surface area contributed by atoms with E-state index in [4.69, 9.17) is 10.5 Å². The first-order chi connectivity index (χ1) is 9.18. The van der Waals surface area contributed by atoms with Gasteiger partial charge in [-0.3, -0.25) is 9.88 Å². The van der Waals surface area contributed by atoms with Crippen molar-refractivity contribution in [1.82, 2.24) is 9.88 Å². The van der Waals surface area contributed by atoms with E-state index in [9.17, 15) is 0 Å². The van der Waals surface area contributed by atoms with E-state index in [2.05, 4.69) is 23.0 Å². The predicted octanol–water partition coefficient (Wildman–Crippen LogP) is 1.83. The Morgan fingerprint density at radius 2 is 2.32 bits per heavy atom. The number of pyridine rings is 1. The fourth-order valence-electron chi connectivity index (χ4n) is 2.39. The summed E-state index contributed by atoms with van der Waals surface area (Å²) in [5.41, 5.74) is 7.29. The van der Waals surface area contributed by atoms with Crippen LogP contribution in [0.1, 0.15) is 31.4 Å². The zero-order valence-corrected chi connectivity index (χ0v) is 12.0. The Morgan fingerprint density at radius 3 is 2.89 bits per heavy atom. The average Bonchev–Trinajstić information content (AvgIpc) is 3.20. The van der Waals surface area contributed by atoms with Gasteiger partial charge >= 0.3 is 0 Å². The second-order valence-electron chi connectivity index (χ2n) is 5.59. The largest absolute Gasteiger partial charge is 0.380 e. The highest BCUT2D eigenvalue weighted by molar-refractivity contribution is 5.15. The van der Waals surface area contributed by atoms with Crippen molar-refractivity contribution < 1.29 is 4.74 Å². The number of likely N-dealkylation sites (N-methyl/N-ethyl adjacent to an activating group) is 1. The molecule has 1 aromatic heterocycles. The standard InChI is InChI=1S/C15H25N3O/c1-12(16)15(14-4-3-7-17-10-14)18(2)8-9-19-11-13-5-6-13/h3-4,7,10,12-13,15H,5-6,8-9,11,16H2,1-2H3. The van der Waals surface area contributed by atoms with Crippen molar-refractivity contribution in [2.24, 2.45) is 11.7 Å². The summed E-state index contributed by atoms with van der Waals surface area (Å²) in [7, 11) is 2.10. The number of hydrogen-bond donors (Lipinski definition) is 1. The molecule has 4 nitrogen and oxygen atoms in total. The molecule has 2 rings (SSSR count). The van der Waals surface area contributed by atoms with Gasteiger partial charge in [0.2, 0.25) is 0 Å². The van der Waals surface area contributed by atoms with Gasteiger partial charge < -0.3 is 10.5 Å². The lowest BCUT2D eigenvalue weighted by molar-refractivity contribution is 0.0875. The van der Waals surface area contributed by atoms with Crippen molar-refractivity contribution >= 4 is 0 Å². The van der Waals surface area contributed by atoms with E-state index in [1.165, 1.54) is 18.4 Å². The van der Waals surface area contributed by atoms with Crippen molar-refractivity contribution in [3.05, 3.63) is 30.1 Å². The van der Waals surface area contributed by atoms with Crippen LogP contribution in [0.5, 0.6) is 0 Å². The highest BCUT2D eigenvalue weighted by atomic mass is 16.5. The van der Waals surface area contributed by atoms with E-state index >= 15 is 0 Å². The highest BCUT2D eigenvalue weighted by Gasteiger charge is 2.23. The minimum atomic E-state index is 0.0673. The van der Waals surface area contributed by atoms with Gasteiger partial charge in [0.1, 0.15) is 0 Å². The van der Waals surface area contributed by atoms with Gasteiger partial charge in [-0.2, -0.15) is 0 Å². The molecule has 1 aliphatic carbocycles. The Balaban J connectivity index is 1.83. The van der Waals surface area contributed by atoms with Gasteiger partial charge in [-0.15, -0.1) is 0 Å². The van der Waals surface area contributed by atoms with Crippen molar-refractivity contribution in [1.29, 1.82) is 0 Å². The normalized spacial score (nSPS) is 18.5. The number of hydrogen-bond acceptors (Lipinski definition) is 4. The van der Waals surface area contributed by atoms with Crippen molar-refractivity contribution in [3.63, 3.8) is 0 Å². The third-order valence-corrected chi connectivity index (χ3v) is 3.64. The van der Waals surface area contributed by atoms with Crippen LogP contribution in [0.15, 0.2) is 24.5 Å². The number of nitrogens with two attached hydrogens (primary N) is 1. The summed E-state index contributed by atoms with van der Waals surface area (Å²) in [6.07, 6.45) is 6.37. The van der Waals surface area contributed by atoms with Gasteiger partial charge in [-0.05, 0) is 44.4 Å². The fourth-order valence-corrected chi connectivity index (χ4v) is 2.39. The highest BCUT2D eigenvalue weighted by Crippen LogP contribution is 2.28. The number of ether oxygens (including phenoxy) is 1. The van der Waals surface area contributed by atoms with E-state index in [0.29, 0.717) is 0 Å². The third-order valence-electron chi connectivity index (χ3n) is 3.64. The van der Waals surface area contributed by atoms with Gasteiger partial charge in [0.15, 0.2) is 0 Å². The van der Waals surface area contributed by atoms with Crippen LogP contribution in [0, 0.1) is 5.92 Å². The van der Waals surface area contributed by atoms with Crippen LogP contribution in [0.4, 0.5) is 0 Å². The molecule has 1 saturated carbocycles. The summed E-state index contributed by atoms with van der Waals surface area (Å²) in [4.78, 5) is 6.44. The Morgan fingerprint density at radius 1 is 1.53 bits per heavy atom. The minimum Gasteiger partial charge on any atom is -0.380 e. The Hall–Kier alpha value is -0.970. The summed E-state index contributed by atoms with van der Waals surface area (Å²) in [6, 6.07) is 4.31. The fraction of sp³-hybridized carbons (Fsp3) is 0.667. The third kappa shape index (κ3) is 4.56. The number of nitrogens with zero attached hydrogens (tertiary/aromatic N) is 2. The molecule has 0 aromatic carbocycles. The Labute approximate surface area is 116 Å². The molecular weight excluding hydrogens is 238 g/mol. The lowest BCUT2D eigenvalue weighted by Crippen LogP contribution is -2.39. The lowest BCUT2D eigenvalue weighted by atomic mass is 10.0. The smallest absolute Gasteiger partial charge is 0.0593 e. The summed E-state index contributed by atoms with van der Waals surface area (Å²) in [5.74, 6) is 0.827. The first-order valence-corrected chi connectivity index (χ1v) is 7.12. The summed E-state index contributed by atoms with van der Waals surface area (Å²) < 4.78 is 5.70. The zero-order chi connectivity index (χ0) is 13.7. The Bertz CT molecular complexity index is 365. The molecule has 2 unspecified atom stereocenters. The van der Waals surface area contributed by atoms with Crippen LogP contribution in [0.2, 0.25) is 0 Å². The minimum absolute atomic E-state index is 0.0673. The maximum atomic E-state index is 6.12. The van der Waals surface area contributed by atoms with Crippen LogP contribution >= 0.6 is 0 Å². The Kier molecular flexibility index (Phi) is 5.31. The molecule has 0 saturated heterocycles. The molecule has 0 aliphatic heterocycles. The molecule has 2 N–H and O–H groups in total. The first-order valence-electron chi connectivity index (χ1n) is 7.12. The molecule has 1 aromatic rings. The van der Waals surface area contributed by atoms with E-state index in [0.717, 1.165) is 25.7 Å². The van der Waals surface area contributed by atoms with Gasteiger partial charge in [-0.25, -0.2) is 0 Å². The monoisotopic (exact) mass is 263 g/mol. The topological polar surface area (TPSA) is 51.4 Å². The molecule has 0 radical (unpaired) electrons. The van der Waals surface area contributed by atoms with Crippen LogP contribution in [0.3, 0.4) is 0 Å². The maximum absolute atomic E-state index is 6.12. The quantitative estimate of drug-likeness (QED) is 0.727. The van der Waals surface area contributed by atoms with E-state index in [1.807, 2.05) is 19.2 Å². The van der Waals surface area contributed by atoms with Gasteiger partial charge in [-0.1, -0.05) is 6.07 Å². The van der Waals surface area contributed by atoms with Crippen molar-refractivity contribution in [2.45, 2.75) is 31.8 Å². The predicted molar refractivity (Wildman–Crippen MR) is 76.8 cm³/mol. The second-order valence-corrected chi connectivity index (χ2v) is 5.59. The average molecular weight is 263 g/mol. The molecule has 19 heavy (non-hydrogen) atoms. The van der Waals surface area contributed by atoms with Gasteiger partial charge in [0.25, 0.3) is 0 Å². The molecule has 2 atom stereocenters. The molecule has 0 spiro atoms. The molecule has 106 valence electrons. The molecule has 1 heterocycles. The molecule has 1 fully saturated rings. The molecule has 1 aliphatic rings. The zero-order valence-electron chi connectivity index (χ0n) is 12.0. The van der Waals surface area contributed by atoms with E-state index in [-0.39, 0.29) is 12.1 Å². The summed E-state index contributed by atoms with van der Waals surface area (Å²) >= 11 is 0. The number of rotatable bonds is 8. The number of aromatic nitrogens is 1. The van der Waals surface area contributed by atoms with Gasteiger partial charge in [0.05, 0.1) is 12.6 Å². The maximum Gasteiger partial charge on any atom is 0.0593 e. The SMILES string of the molecule is CC(N)C(c1cccnc1)N(C)CCOCC1CC1. The molecule has 0 amide bonds. The van der Waals surface area contributed by atoms with E-state index in [1.54, 1.807) is 6.20 Å². The van der Waals surface area contributed by atoms with E-state index < -0.39 is 0 Å². The van der Waals surface area contributed by atoms with Crippen LogP contribution in [-0.4, -0.2) is 42.7 Å².